The highest BCUT2D eigenvalue weighted by Gasteiger charge is 2.15. The smallest absolute Gasteiger partial charge is 0.251 e. The molecule has 1 unspecified atom stereocenters. The van der Waals surface area contributed by atoms with Gasteiger partial charge in [0.1, 0.15) is 6.04 Å². The monoisotopic (exact) mass is 270 g/mol. The third-order valence-electron chi connectivity index (χ3n) is 3.22. The van der Waals surface area contributed by atoms with Crippen LogP contribution in [0.2, 0.25) is 0 Å². The standard InChI is InChI=1S/C16H18N2O2/c1-11-4-6-14(7-5-11)17-16(20)13(3)18-9-8-12(2)10-15(18)19/h4-10,13H,1-3H3,(H,17,20). The summed E-state index contributed by atoms with van der Waals surface area (Å²) in [5.41, 5.74) is 2.58. The molecule has 0 spiro atoms. The number of rotatable bonds is 3. The van der Waals surface area contributed by atoms with Gasteiger partial charge in [-0.1, -0.05) is 17.7 Å². The Balaban J connectivity index is 2.16. The zero-order valence-electron chi connectivity index (χ0n) is 11.9. The molecule has 0 aliphatic heterocycles. The highest BCUT2D eigenvalue weighted by atomic mass is 16.2. The van der Waals surface area contributed by atoms with Gasteiger partial charge in [-0.2, -0.15) is 0 Å². The number of aromatic nitrogens is 1. The van der Waals surface area contributed by atoms with E-state index in [4.69, 9.17) is 0 Å². The van der Waals surface area contributed by atoms with E-state index in [1.807, 2.05) is 44.2 Å². The van der Waals surface area contributed by atoms with Crippen molar-refractivity contribution in [3.63, 3.8) is 0 Å². The minimum Gasteiger partial charge on any atom is -0.324 e. The summed E-state index contributed by atoms with van der Waals surface area (Å²) in [5, 5.41) is 2.81. The van der Waals surface area contributed by atoms with E-state index >= 15 is 0 Å². The van der Waals surface area contributed by atoms with Gasteiger partial charge in [0.15, 0.2) is 0 Å². The summed E-state index contributed by atoms with van der Waals surface area (Å²) in [6.07, 6.45) is 1.65. The van der Waals surface area contributed by atoms with Crippen LogP contribution in [0.25, 0.3) is 0 Å². The van der Waals surface area contributed by atoms with Crippen molar-refractivity contribution in [1.82, 2.24) is 4.57 Å². The van der Waals surface area contributed by atoms with E-state index in [0.717, 1.165) is 16.8 Å². The number of nitrogens with one attached hydrogen (secondary N) is 1. The maximum Gasteiger partial charge on any atom is 0.251 e. The molecule has 1 atom stereocenters. The number of anilines is 1. The van der Waals surface area contributed by atoms with Crippen LogP contribution in [0.1, 0.15) is 24.1 Å². The topological polar surface area (TPSA) is 51.1 Å². The van der Waals surface area contributed by atoms with Gasteiger partial charge in [-0.3, -0.25) is 9.59 Å². The van der Waals surface area contributed by atoms with E-state index in [-0.39, 0.29) is 11.5 Å². The second-order valence-electron chi connectivity index (χ2n) is 4.98. The number of aryl methyl sites for hydroxylation is 2. The van der Waals surface area contributed by atoms with Crippen LogP contribution in [0.5, 0.6) is 0 Å². The van der Waals surface area contributed by atoms with Crippen LogP contribution < -0.4 is 10.9 Å². The molecule has 0 bridgehead atoms. The first-order valence-corrected chi connectivity index (χ1v) is 6.54. The molecule has 104 valence electrons. The van der Waals surface area contributed by atoms with Crippen molar-refractivity contribution in [2.24, 2.45) is 0 Å². The molecule has 1 heterocycles. The highest BCUT2D eigenvalue weighted by Crippen LogP contribution is 2.12. The fraction of sp³-hybridized carbons (Fsp3) is 0.250. The van der Waals surface area contributed by atoms with Crippen molar-refractivity contribution >= 4 is 11.6 Å². The number of carbonyl (C=O) groups is 1. The summed E-state index contributed by atoms with van der Waals surface area (Å²) in [4.78, 5) is 24.0. The lowest BCUT2D eigenvalue weighted by Crippen LogP contribution is -2.31. The average molecular weight is 270 g/mol. The van der Waals surface area contributed by atoms with Gasteiger partial charge in [-0.15, -0.1) is 0 Å². The van der Waals surface area contributed by atoms with Gasteiger partial charge >= 0.3 is 0 Å². The first-order chi connectivity index (χ1) is 9.47. The minimum absolute atomic E-state index is 0.170. The molecule has 4 heteroatoms. The Labute approximate surface area is 118 Å². The van der Waals surface area contributed by atoms with Crippen LogP contribution in [-0.4, -0.2) is 10.5 Å². The third-order valence-corrected chi connectivity index (χ3v) is 3.22. The number of hydrogen-bond acceptors (Lipinski definition) is 2. The maximum absolute atomic E-state index is 12.2. The molecule has 20 heavy (non-hydrogen) atoms. The van der Waals surface area contributed by atoms with E-state index in [9.17, 15) is 9.59 Å². The van der Waals surface area contributed by atoms with Crippen molar-refractivity contribution in [2.45, 2.75) is 26.8 Å². The van der Waals surface area contributed by atoms with Gasteiger partial charge in [0.05, 0.1) is 0 Å². The Kier molecular flexibility index (Phi) is 4.03. The van der Waals surface area contributed by atoms with Crippen LogP contribution in [0.4, 0.5) is 5.69 Å². The summed E-state index contributed by atoms with van der Waals surface area (Å²) in [6, 6.07) is 10.3. The van der Waals surface area contributed by atoms with Gasteiger partial charge < -0.3 is 9.88 Å². The molecule has 0 aliphatic carbocycles. The molecule has 2 rings (SSSR count). The molecule has 4 nitrogen and oxygen atoms in total. The molecule has 2 aromatic rings. The van der Waals surface area contributed by atoms with Gasteiger partial charge in [0.2, 0.25) is 5.91 Å². The van der Waals surface area contributed by atoms with Crippen LogP contribution in [0, 0.1) is 13.8 Å². The van der Waals surface area contributed by atoms with Crippen LogP contribution >= 0.6 is 0 Å². The Hall–Kier alpha value is -2.36. The van der Waals surface area contributed by atoms with Gasteiger partial charge in [0.25, 0.3) is 5.56 Å². The van der Waals surface area contributed by atoms with E-state index < -0.39 is 6.04 Å². The Morgan fingerprint density at radius 2 is 1.75 bits per heavy atom. The second-order valence-corrected chi connectivity index (χ2v) is 4.98. The molecule has 0 radical (unpaired) electrons. The van der Waals surface area contributed by atoms with E-state index in [2.05, 4.69) is 5.32 Å². The normalized spacial score (nSPS) is 11.9. The molecule has 1 amide bonds. The average Bonchev–Trinajstić information content (AvgIpc) is 2.40. The molecular weight excluding hydrogens is 252 g/mol. The van der Waals surface area contributed by atoms with Crippen molar-refractivity contribution in [1.29, 1.82) is 0 Å². The van der Waals surface area contributed by atoms with Gasteiger partial charge in [-0.25, -0.2) is 0 Å². The third kappa shape index (κ3) is 3.15. The first-order valence-electron chi connectivity index (χ1n) is 6.54. The largest absolute Gasteiger partial charge is 0.324 e. The number of carbonyl (C=O) groups excluding carboxylic acids is 1. The number of benzene rings is 1. The Bertz CT molecular complexity index is 672. The van der Waals surface area contributed by atoms with E-state index in [0.29, 0.717) is 0 Å². The molecule has 0 saturated carbocycles. The lowest BCUT2D eigenvalue weighted by Gasteiger charge is -2.15. The summed E-state index contributed by atoms with van der Waals surface area (Å²) in [5.74, 6) is -0.209. The summed E-state index contributed by atoms with van der Waals surface area (Å²) in [6.45, 7) is 5.54. The molecule has 0 fully saturated rings. The molecule has 1 aromatic carbocycles. The van der Waals surface area contributed by atoms with Crippen molar-refractivity contribution in [3.05, 3.63) is 64.1 Å². The predicted molar refractivity (Wildman–Crippen MR) is 80.0 cm³/mol. The Morgan fingerprint density at radius 3 is 2.35 bits per heavy atom. The zero-order chi connectivity index (χ0) is 14.7. The molecular formula is C16H18N2O2. The lowest BCUT2D eigenvalue weighted by atomic mass is 10.2. The van der Waals surface area contributed by atoms with Crippen molar-refractivity contribution in [3.8, 4) is 0 Å². The van der Waals surface area contributed by atoms with Gasteiger partial charge in [-0.05, 0) is 44.5 Å². The van der Waals surface area contributed by atoms with E-state index in [1.165, 1.54) is 10.6 Å². The molecule has 1 N–H and O–H groups in total. The molecule has 1 aromatic heterocycles. The number of pyridine rings is 1. The summed E-state index contributed by atoms with van der Waals surface area (Å²) in [7, 11) is 0. The summed E-state index contributed by atoms with van der Waals surface area (Å²) >= 11 is 0. The molecule has 0 saturated heterocycles. The zero-order valence-corrected chi connectivity index (χ0v) is 11.9. The lowest BCUT2D eigenvalue weighted by molar-refractivity contribution is -0.118. The second kappa shape index (κ2) is 5.74. The first kappa shape index (κ1) is 14.1. The number of hydrogen-bond donors (Lipinski definition) is 1. The summed E-state index contributed by atoms with van der Waals surface area (Å²) < 4.78 is 1.43. The van der Waals surface area contributed by atoms with Crippen LogP contribution in [0.3, 0.4) is 0 Å². The van der Waals surface area contributed by atoms with E-state index in [1.54, 1.807) is 13.1 Å². The van der Waals surface area contributed by atoms with Crippen LogP contribution in [0.15, 0.2) is 47.4 Å². The quantitative estimate of drug-likeness (QED) is 0.932. The molecule has 0 aliphatic rings. The maximum atomic E-state index is 12.2. The van der Waals surface area contributed by atoms with Crippen molar-refractivity contribution < 1.29 is 4.79 Å². The van der Waals surface area contributed by atoms with Gasteiger partial charge in [0, 0.05) is 18.0 Å². The highest BCUT2D eigenvalue weighted by molar-refractivity contribution is 5.93. The van der Waals surface area contributed by atoms with Crippen molar-refractivity contribution in [2.75, 3.05) is 5.32 Å². The van der Waals surface area contributed by atoms with Crippen LogP contribution in [-0.2, 0) is 4.79 Å². The fourth-order valence-corrected chi connectivity index (χ4v) is 1.92. The number of nitrogens with zero attached hydrogens (tertiary/aromatic N) is 1. The predicted octanol–water partition coefficient (Wildman–Crippen LogP) is 2.66. The Morgan fingerprint density at radius 1 is 1.10 bits per heavy atom. The minimum atomic E-state index is -0.551. The fourth-order valence-electron chi connectivity index (χ4n) is 1.92. The number of amides is 1. The SMILES string of the molecule is Cc1ccc(NC(=O)C(C)n2ccc(C)cc2=O)cc1.